The van der Waals surface area contributed by atoms with Crippen LogP contribution in [0, 0.1) is 0 Å². The van der Waals surface area contributed by atoms with Gasteiger partial charge in [0.05, 0.1) is 16.2 Å². The van der Waals surface area contributed by atoms with Crippen LogP contribution in [-0.2, 0) is 14.8 Å². The molecular formula is C17H19ClN2O3S2. The number of amides is 1. The summed E-state index contributed by atoms with van der Waals surface area (Å²) in [7, 11) is -3.72. The number of benzene rings is 2. The first-order chi connectivity index (χ1) is 11.7. The van der Waals surface area contributed by atoms with Gasteiger partial charge in [0.1, 0.15) is 0 Å². The number of thioether (sulfide) groups is 1. The van der Waals surface area contributed by atoms with Gasteiger partial charge >= 0.3 is 0 Å². The van der Waals surface area contributed by atoms with Crippen molar-refractivity contribution in [1.82, 2.24) is 5.32 Å². The number of carbonyl (C=O) groups excluding carboxylic acids is 1. The van der Waals surface area contributed by atoms with Crippen molar-refractivity contribution in [3.63, 3.8) is 0 Å². The van der Waals surface area contributed by atoms with Gasteiger partial charge in [-0.3, -0.25) is 4.79 Å². The molecule has 25 heavy (non-hydrogen) atoms. The Morgan fingerprint density at radius 2 is 1.64 bits per heavy atom. The molecular weight excluding hydrogens is 380 g/mol. The van der Waals surface area contributed by atoms with Crippen molar-refractivity contribution in [2.24, 2.45) is 5.14 Å². The van der Waals surface area contributed by atoms with Crippen molar-refractivity contribution in [3.05, 3.63) is 59.1 Å². The zero-order valence-electron chi connectivity index (χ0n) is 13.8. The lowest BCUT2D eigenvalue weighted by Gasteiger charge is -2.18. The van der Waals surface area contributed by atoms with E-state index in [2.05, 4.69) is 5.32 Å². The van der Waals surface area contributed by atoms with Crippen LogP contribution in [0.15, 0.2) is 58.3 Å². The van der Waals surface area contributed by atoms with E-state index in [0.29, 0.717) is 5.02 Å². The highest BCUT2D eigenvalue weighted by Gasteiger charge is 2.18. The molecule has 0 unspecified atom stereocenters. The van der Waals surface area contributed by atoms with E-state index in [0.717, 1.165) is 10.5 Å². The van der Waals surface area contributed by atoms with Crippen LogP contribution in [0.4, 0.5) is 0 Å². The van der Waals surface area contributed by atoms with Gasteiger partial charge in [0, 0.05) is 9.92 Å². The molecule has 0 spiro atoms. The van der Waals surface area contributed by atoms with Crippen molar-refractivity contribution < 1.29 is 13.2 Å². The van der Waals surface area contributed by atoms with E-state index in [4.69, 9.17) is 16.7 Å². The van der Waals surface area contributed by atoms with E-state index in [1.54, 1.807) is 24.3 Å². The SMILES string of the molecule is C[C@H](NC(=O)[C@@H](C)Sc1ccc(Cl)cc1)c1ccc(S(N)(=O)=O)cc1. The molecule has 0 radical (unpaired) electrons. The molecule has 0 heterocycles. The van der Waals surface area contributed by atoms with E-state index in [9.17, 15) is 13.2 Å². The average Bonchev–Trinajstić information content (AvgIpc) is 2.56. The van der Waals surface area contributed by atoms with E-state index >= 15 is 0 Å². The third kappa shape index (κ3) is 5.74. The summed E-state index contributed by atoms with van der Waals surface area (Å²) in [6, 6.07) is 13.2. The molecule has 0 aliphatic rings. The minimum atomic E-state index is -3.72. The van der Waals surface area contributed by atoms with Gasteiger partial charge in [-0.15, -0.1) is 11.8 Å². The predicted octanol–water partition coefficient (Wildman–Crippen LogP) is 3.35. The number of hydrogen-bond acceptors (Lipinski definition) is 4. The zero-order valence-corrected chi connectivity index (χ0v) is 16.2. The van der Waals surface area contributed by atoms with Crippen LogP contribution in [0.2, 0.25) is 5.02 Å². The maximum atomic E-state index is 12.4. The summed E-state index contributed by atoms with van der Waals surface area (Å²) >= 11 is 7.29. The molecule has 2 aromatic rings. The molecule has 2 rings (SSSR count). The first kappa shape index (κ1) is 19.8. The Labute approximate surface area is 157 Å². The summed E-state index contributed by atoms with van der Waals surface area (Å²) in [5, 5.41) is 8.36. The number of carbonyl (C=O) groups is 1. The Kier molecular flexibility index (Phi) is 6.51. The van der Waals surface area contributed by atoms with E-state index < -0.39 is 10.0 Å². The Morgan fingerprint density at radius 1 is 1.08 bits per heavy atom. The molecule has 1 amide bonds. The van der Waals surface area contributed by atoms with Gasteiger partial charge in [-0.25, -0.2) is 13.6 Å². The highest BCUT2D eigenvalue weighted by Crippen LogP contribution is 2.25. The summed E-state index contributed by atoms with van der Waals surface area (Å²) < 4.78 is 22.5. The van der Waals surface area contributed by atoms with Gasteiger partial charge in [-0.05, 0) is 55.8 Å². The molecule has 0 fully saturated rings. The molecule has 2 atom stereocenters. The molecule has 0 aromatic heterocycles. The summed E-state index contributed by atoms with van der Waals surface area (Å²) in [6.07, 6.45) is 0. The molecule has 2 aromatic carbocycles. The summed E-state index contributed by atoms with van der Waals surface area (Å²) in [5.41, 5.74) is 0.796. The van der Waals surface area contributed by atoms with Crippen LogP contribution in [0.5, 0.6) is 0 Å². The molecule has 0 aliphatic heterocycles. The fourth-order valence-electron chi connectivity index (χ4n) is 2.13. The van der Waals surface area contributed by atoms with Gasteiger partial charge in [0.15, 0.2) is 0 Å². The Morgan fingerprint density at radius 3 is 2.16 bits per heavy atom. The second-order valence-electron chi connectivity index (χ2n) is 5.56. The zero-order chi connectivity index (χ0) is 18.6. The van der Waals surface area contributed by atoms with Crippen molar-refractivity contribution >= 4 is 39.3 Å². The molecule has 0 saturated heterocycles. The van der Waals surface area contributed by atoms with Crippen LogP contribution in [-0.4, -0.2) is 19.6 Å². The van der Waals surface area contributed by atoms with Gasteiger partial charge in [0.25, 0.3) is 0 Å². The monoisotopic (exact) mass is 398 g/mol. The van der Waals surface area contributed by atoms with Gasteiger partial charge in [0.2, 0.25) is 15.9 Å². The Balaban J connectivity index is 1.97. The summed E-state index contributed by atoms with van der Waals surface area (Å²) in [4.78, 5) is 13.3. The second-order valence-corrected chi connectivity index (χ2v) is 8.97. The van der Waals surface area contributed by atoms with Crippen LogP contribution in [0.25, 0.3) is 0 Å². The third-order valence-electron chi connectivity index (χ3n) is 3.56. The predicted molar refractivity (Wildman–Crippen MR) is 101 cm³/mol. The Hall–Kier alpha value is -1.54. The molecule has 5 nitrogen and oxygen atoms in total. The lowest BCUT2D eigenvalue weighted by Crippen LogP contribution is -2.33. The third-order valence-corrected chi connectivity index (χ3v) is 5.86. The van der Waals surface area contributed by atoms with Crippen molar-refractivity contribution in [3.8, 4) is 0 Å². The number of nitrogens with one attached hydrogen (secondary N) is 1. The second kappa shape index (κ2) is 8.23. The highest BCUT2D eigenvalue weighted by atomic mass is 35.5. The van der Waals surface area contributed by atoms with Crippen molar-refractivity contribution in [2.45, 2.75) is 34.9 Å². The maximum absolute atomic E-state index is 12.4. The van der Waals surface area contributed by atoms with Gasteiger partial charge < -0.3 is 5.32 Å². The topological polar surface area (TPSA) is 89.3 Å². The first-order valence-corrected chi connectivity index (χ1v) is 10.3. The minimum Gasteiger partial charge on any atom is -0.349 e. The minimum absolute atomic E-state index is 0.0430. The van der Waals surface area contributed by atoms with Crippen molar-refractivity contribution in [2.75, 3.05) is 0 Å². The molecule has 0 bridgehead atoms. The maximum Gasteiger partial charge on any atom is 0.238 e. The molecule has 0 aliphatic carbocycles. The lowest BCUT2D eigenvalue weighted by atomic mass is 10.1. The fraction of sp³-hybridized carbons (Fsp3) is 0.235. The van der Waals surface area contributed by atoms with Crippen LogP contribution in [0.3, 0.4) is 0 Å². The highest BCUT2D eigenvalue weighted by molar-refractivity contribution is 8.00. The van der Waals surface area contributed by atoms with E-state index in [1.807, 2.05) is 26.0 Å². The largest absolute Gasteiger partial charge is 0.349 e. The van der Waals surface area contributed by atoms with Crippen LogP contribution >= 0.6 is 23.4 Å². The fourth-order valence-corrected chi connectivity index (χ4v) is 3.65. The Bertz CT molecular complexity index is 837. The summed E-state index contributed by atoms with van der Waals surface area (Å²) in [5.74, 6) is -0.108. The molecule has 8 heteroatoms. The molecule has 3 N–H and O–H groups in total. The smallest absolute Gasteiger partial charge is 0.238 e. The average molecular weight is 399 g/mol. The quantitative estimate of drug-likeness (QED) is 0.730. The van der Waals surface area contributed by atoms with E-state index in [-0.39, 0.29) is 22.1 Å². The van der Waals surface area contributed by atoms with Crippen molar-refractivity contribution in [1.29, 1.82) is 0 Å². The number of primary sulfonamides is 1. The van der Waals surface area contributed by atoms with E-state index in [1.165, 1.54) is 23.9 Å². The summed E-state index contributed by atoms with van der Waals surface area (Å²) in [6.45, 7) is 3.66. The number of rotatable bonds is 6. The number of sulfonamides is 1. The molecule has 0 saturated carbocycles. The lowest BCUT2D eigenvalue weighted by molar-refractivity contribution is -0.120. The van der Waals surface area contributed by atoms with Gasteiger partial charge in [-0.1, -0.05) is 23.7 Å². The number of nitrogens with two attached hydrogens (primary N) is 1. The standard InChI is InChI=1S/C17H19ClN2O3S2/c1-11(13-3-9-16(10-4-13)25(19,22)23)20-17(21)12(2)24-15-7-5-14(18)6-8-15/h3-12H,1-2H3,(H,20,21)(H2,19,22,23)/t11-,12+/m0/s1. The molecule has 134 valence electrons. The van der Waals surface area contributed by atoms with Crippen LogP contribution in [0.1, 0.15) is 25.5 Å². The first-order valence-electron chi connectivity index (χ1n) is 7.52. The van der Waals surface area contributed by atoms with Gasteiger partial charge in [-0.2, -0.15) is 0 Å². The number of hydrogen-bond donors (Lipinski definition) is 2. The number of halogens is 1. The van der Waals surface area contributed by atoms with Crippen LogP contribution < -0.4 is 10.5 Å². The normalized spacial score (nSPS) is 13.9.